The van der Waals surface area contributed by atoms with E-state index < -0.39 is 17.8 Å². The third-order valence-electron chi connectivity index (χ3n) is 5.75. The van der Waals surface area contributed by atoms with E-state index in [0.29, 0.717) is 12.2 Å². The molecular weight excluding hydrogens is 431 g/mol. The van der Waals surface area contributed by atoms with Crippen molar-refractivity contribution < 1.29 is 18.0 Å². The normalized spacial score (nSPS) is 13.2. The van der Waals surface area contributed by atoms with Crippen LogP contribution in [-0.2, 0) is 19.1 Å². The van der Waals surface area contributed by atoms with Crippen molar-refractivity contribution in [1.82, 2.24) is 9.97 Å². The molecule has 2 amide bonds. The number of urea groups is 1. The highest BCUT2D eigenvalue weighted by Gasteiger charge is 2.30. The number of carbonyl (C=O) groups is 1. The average Bonchev–Trinajstić information content (AvgIpc) is 3.42. The van der Waals surface area contributed by atoms with Gasteiger partial charge in [-0.1, -0.05) is 6.07 Å². The number of pyridine rings is 1. The largest absolute Gasteiger partial charge is 0.416 e. The van der Waals surface area contributed by atoms with E-state index in [1.54, 1.807) is 6.20 Å². The van der Waals surface area contributed by atoms with Crippen LogP contribution in [0.1, 0.15) is 16.7 Å². The van der Waals surface area contributed by atoms with Crippen LogP contribution in [0, 0.1) is 0 Å². The third-order valence-corrected chi connectivity index (χ3v) is 5.75. The second-order valence-corrected chi connectivity index (χ2v) is 7.84. The molecule has 5 rings (SSSR count). The molecule has 0 saturated carbocycles. The number of nitrogens with one attached hydrogen (secondary N) is 3. The van der Waals surface area contributed by atoms with Gasteiger partial charge in [-0.25, -0.2) is 9.78 Å². The van der Waals surface area contributed by atoms with Crippen molar-refractivity contribution in [3.05, 3.63) is 83.7 Å². The zero-order valence-corrected chi connectivity index (χ0v) is 17.4. The van der Waals surface area contributed by atoms with E-state index in [-0.39, 0.29) is 5.69 Å². The number of anilines is 3. The monoisotopic (exact) mass is 451 g/mol. The molecule has 0 saturated heterocycles. The molecule has 0 unspecified atom stereocenters. The van der Waals surface area contributed by atoms with Gasteiger partial charge in [0.15, 0.2) is 0 Å². The lowest BCUT2D eigenvalue weighted by Gasteiger charge is -2.20. The van der Waals surface area contributed by atoms with Gasteiger partial charge in [0.05, 0.1) is 5.56 Å². The Morgan fingerprint density at radius 2 is 1.88 bits per heavy atom. The quantitative estimate of drug-likeness (QED) is 0.368. The highest BCUT2D eigenvalue weighted by Crippen LogP contribution is 2.35. The fourth-order valence-corrected chi connectivity index (χ4v) is 4.17. The van der Waals surface area contributed by atoms with Crippen molar-refractivity contribution in [2.45, 2.75) is 19.1 Å². The lowest BCUT2D eigenvalue weighted by molar-refractivity contribution is -0.137. The van der Waals surface area contributed by atoms with Gasteiger partial charge in [-0.05, 0) is 60.5 Å². The summed E-state index contributed by atoms with van der Waals surface area (Å²) in [7, 11) is 0. The first-order chi connectivity index (χ1) is 15.9. The fraction of sp³-hybridized carbons (Fsp3) is 0.167. The molecule has 2 aromatic heterocycles. The summed E-state index contributed by atoms with van der Waals surface area (Å²) in [6.45, 7) is 1.52. The molecule has 9 heteroatoms. The summed E-state index contributed by atoms with van der Waals surface area (Å²) < 4.78 is 38.2. The molecule has 4 aromatic rings. The number of aromatic amines is 1. The van der Waals surface area contributed by atoms with Gasteiger partial charge in [0.25, 0.3) is 0 Å². The Labute approximate surface area is 187 Å². The average molecular weight is 451 g/mol. The lowest BCUT2D eigenvalue weighted by Crippen LogP contribution is -2.20. The van der Waals surface area contributed by atoms with Gasteiger partial charge in [0, 0.05) is 53.5 Å². The first-order valence-electron chi connectivity index (χ1n) is 10.4. The Hall–Kier alpha value is -4.01. The molecule has 0 bridgehead atoms. The molecule has 0 radical (unpaired) electrons. The van der Waals surface area contributed by atoms with Crippen LogP contribution in [0.4, 0.5) is 35.0 Å². The van der Waals surface area contributed by atoms with Gasteiger partial charge in [0.2, 0.25) is 0 Å². The number of H-pyrrole nitrogens is 1. The Balaban J connectivity index is 1.30. The second-order valence-electron chi connectivity index (χ2n) is 7.84. The maximum Gasteiger partial charge on any atom is 0.416 e. The maximum atomic E-state index is 12.7. The van der Waals surface area contributed by atoms with Gasteiger partial charge in [-0.3, -0.25) is 0 Å². The first kappa shape index (κ1) is 20.9. The predicted octanol–water partition coefficient (Wildman–Crippen LogP) is 5.79. The minimum Gasteiger partial charge on any atom is -0.367 e. The fourth-order valence-electron chi connectivity index (χ4n) is 4.17. The molecule has 6 nitrogen and oxygen atoms in total. The minimum absolute atomic E-state index is 0.280. The van der Waals surface area contributed by atoms with Crippen LogP contribution >= 0.6 is 0 Å². The predicted molar refractivity (Wildman–Crippen MR) is 121 cm³/mol. The first-order valence-corrected chi connectivity index (χ1v) is 10.4. The summed E-state index contributed by atoms with van der Waals surface area (Å²) in [5.74, 6) is 0. The highest BCUT2D eigenvalue weighted by molar-refractivity contribution is 6.01. The van der Waals surface area contributed by atoms with E-state index in [9.17, 15) is 18.0 Å². The topological polar surface area (TPSA) is 73.1 Å². The molecule has 168 valence electrons. The van der Waals surface area contributed by atoms with Crippen molar-refractivity contribution in [2.24, 2.45) is 0 Å². The summed E-state index contributed by atoms with van der Waals surface area (Å²) >= 11 is 0. The van der Waals surface area contributed by atoms with Crippen LogP contribution in [0.15, 0.2) is 67.0 Å². The van der Waals surface area contributed by atoms with Crippen molar-refractivity contribution in [3.8, 4) is 0 Å². The van der Waals surface area contributed by atoms with Crippen LogP contribution in [0.25, 0.3) is 11.0 Å². The number of alkyl halides is 3. The number of amides is 2. The number of nitrogens with zero attached hydrogens (tertiary/aromatic N) is 2. The summed E-state index contributed by atoms with van der Waals surface area (Å²) in [6.07, 6.45) is 0.0128. The van der Waals surface area contributed by atoms with E-state index in [2.05, 4.69) is 25.5 Å². The van der Waals surface area contributed by atoms with Gasteiger partial charge >= 0.3 is 12.2 Å². The highest BCUT2D eigenvalue weighted by atomic mass is 19.4. The molecule has 2 aromatic carbocycles. The van der Waals surface area contributed by atoms with E-state index in [1.165, 1.54) is 12.1 Å². The van der Waals surface area contributed by atoms with Crippen molar-refractivity contribution in [1.29, 1.82) is 0 Å². The van der Waals surface area contributed by atoms with Crippen molar-refractivity contribution in [2.75, 3.05) is 22.1 Å². The number of aromatic nitrogens is 2. The van der Waals surface area contributed by atoms with E-state index in [1.807, 2.05) is 36.5 Å². The van der Waals surface area contributed by atoms with Crippen LogP contribution in [0.5, 0.6) is 0 Å². The van der Waals surface area contributed by atoms with E-state index in [0.717, 1.165) is 52.9 Å². The Kier molecular flexibility index (Phi) is 5.16. The smallest absolute Gasteiger partial charge is 0.367 e. The van der Waals surface area contributed by atoms with Gasteiger partial charge < -0.3 is 20.5 Å². The SMILES string of the molecule is O=C(Nc1ccc(C(F)(F)F)cc1)Nc1cccc2c1CCN2Cc1ccnc2[nH]ccc12. The molecule has 3 heterocycles. The zero-order chi connectivity index (χ0) is 23.0. The number of rotatable bonds is 4. The van der Waals surface area contributed by atoms with E-state index >= 15 is 0 Å². The summed E-state index contributed by atoms with van der Waals surface area (Å²) in [4.78, 5) is 22.2. The lowest BCUT2D eigenvalue weighted by atomic mass is 10.1. The van der Waals surface area contributed by atoms with Gasteiger partial charge in [-0.2, -0.15) is 13.2 Å². The molecular formula is C24H20F3N5O. The van der Waals surface area contributed by atoms with E-state index in [4.69, 9.17) is 0 Å². The number of hydrogen-bond acceptors (Lipinski definition) is 3. The minimum atomic E-state index is -4.42. The second kappa shape index (κ2) is 8.16. The zero-order valence-electron chi connectivity index (χ0n) is 17.4. The molecule has 1 aliphatic heterocycles. The number of carbonyl (C=O) groups excluding carboxylic acids is 1. The number of benzene rings is 2. The molecule has 0 spiro atoms. The van der Waals surface area contributed by atoms with Crippen molar-refractivity contribution in [3.63, 3.8) is 0 Å². The number of hydrogen-bond donors (Lipinski definition) is 3. The molecule has 33 heavy (non-hydrogen) atoms. The Bertz CT molecular complexity index is 1310. The Morgan fingerprint density at radius 1 is 1.06 bits per heavy atom. The molecule has 3 N–H and O–H groups in total. The van der Waals surface area contributed by atoms with Crippen LogP contribution in [0.3, 0.4) is 0 Å². The van der Waals surface area contributed by atoms with Gasteiger partial charge in [0.1, 0.15) is 5.65 Å². The summed E-state index contributed by atoms with van der Waals surface area (Å²) in [6, 6.07) is 13.6. The van der Waals surface area contributed by atoms with Crippen molar-refractivity contribution >= 4 is 34.1 Å². The number of fused-ring (bicyclic) bond motifs is 2. The molecule has 0 atom stereocenters. The summed E-state index contributed by atoms with van der Waals surface area (Å²) in [5, 5.41) is 6.50. The third kappa shape index (κ3) is 4.21. The maximum absolute atomic E-state index is 12.7. The Morgan fingerprint density at radius 3 is 2.67 bits per heavy atom. The number of halogens is 3. The molecule has 0 fully saturated rings. The van der Waals surface area contributed by atoms with Crippen LogP contribution in [0.2, 0.25) is 0 Å². The standard InChI is InChI=1S/C24H20F3N5O/c25-24(26,27)16-4-6-17(7-5-16)30-23(33)31-20-2-1-3-21-19(20)10-13-32(21)14-15-8-11-28-22-18(15)9-12-29-22/h1-9,11-12H,10,13-14H2,(H,28,29)(H2,30,31,33). The molecule has 0 aliphatic carbocycles. The van der Waals surface area contributed by atoms with Gasteiger partial charge in [-0.15, -0.1) is 0 Å². The van der Waals surface area contributed by atoms with Crippen LogP contribution in [-0.4, -0.2) is 22.5 Å². The van der Waals surface area contributed by atoms with Crippen LogP contribution < -0.4 is 15.5 Å². The molecule has 1 aliphatic rings. The summed E-state index contributed by atoms with van der Waals surface area (Å²) in [5.41, 5.74) is 4.28.